The number of nitrogens with two attached hydrogens (primary N) is 1. The molecule has 1 atom stereocenters. The van der Waals surface area contributed by atoms with Crippen molar-refractivity contribution in [2.75, 3.05) is 25.4 Å². The predicted octanol–water partition coefficient (Wildman–Crippen LogP) is 3.06. The van der Waals surface area contributed by atoms with E-state index in [2.05, 4.69) is 34.7 Å². The van der Waals surface area contributed by atoms with Gasteiger partial charge in [0, 0.05) is 11.0 Å². The van der Waals surface area contributed by atoms with Gasteiger partial charge in [-0.2, -0.15) is 0 Å². The minimum absolute atomic E-state index is 0.466. The summed E-state index contributed by atoms with van der Waals surface area (Å²) in [7, 11) is 0. The van der Waals surface area contributed by atoms with Gasteiger partial charge < -0.3 is 15.7 Å². The van der Waals surface area contributed by atoms with Gasteiger partial charge in [-0.1, -0.05) is 25.4 Å². The largest absolute Gasteiger partial charge is 0.397 e. The lowest BCUT2D eigenvalue weighted by Gasteiger charge is -2.22. The van der Waals surface area contributed by atoms with E-state index < -0.39 is 6.10 Å². The van der Waals surface area contributed by atoms with Crippen molar-refractivity contribution in [3.63, 3.8) is 0 Å². The SMILES string of the molecule is CCN(CC)CC(O)c1cc(Cl)c(N)c(Br)c1. The highest BCUT2D eigenvalue weighted by molar-refractivity contribution is 9.10. The molecule has 1 aromatic rings. The van der Waals surface area contributed by atoms with Gasteiger partial charge in [-0.25, -0.2) is 0 Å². The summed E-state index contributed by atoms with van der Waals surface area (Å²) < 4.78 is 0.721. The molecule has 1 aromatic carbocycles. The molecule has 0 aliphatic rings. The van der Waals surface area contributed by atoms with Crippen molar-refractivity contribution in [1.29, 1.82) is 0 Å². The van der Waals surface area contributed by atoms with Crippen molar-refractivity contribution in [2.45, 2.75) is 20.0 Å². The summed E-state index contributed by atoms with van der Waals surface area (Å²) in [5.74, 6) is 0. The van der Waals surface area contributed by atoms with Crippen LogP contribution < -0.4 is 5.73 Å². The van der Waals surface area contributed by atoms with Crippen molar-refractivity contribution in [3.8, 4) is 0 Å². The maximum Gasteiger partial charge on any atom is 0.0917 e. The summed E-state index contributed by atoms with van der Waals surface area (Å²) in [6, 6.07) is 3.53. The van der Waals surface area contributed by atoms with Crippen LogP contribution in [0.1, 0.15) is 25.5 Å². The van der Waals surface area contributed by atoms with Crippen molar-refractivity contribution < 1.29 is 5.11 Å². The molecule has 5 heteroatoms. The standard InChI is InChI=1S/C12H18BrClN2O/c1-3-16(4-2)7-11(17)8-5-9(13)12(15)10(14)6-8/h5-6,11,17H,3-4,7,15H2,1-2H3. The summed E-state index contributed by atoms with van der Waals surface area (Å²) in [5, 5.41) is 10.6. The number of benzene rings is 1. The van der Waals surface area contributed by atoms with Crippen molar-refractivity contribution in [3.05, 3.63) is 27.2 Å². The number of rotatable bonds is 5. The van der Waals surface area contributed by atoms with Crippen LogP contribution in [-0.4, -0.2) is 29.6 Å². The molecule has 17 heavy (non-hydrogen) atoms. The van der Waals surface area contributed by atoms with Gasteiger partial charge in [0.2, 0.25) is 0 Å². The fourth-order valence-electron chi connectivity index (χ4n) is 1.63. The summed E-state index contributed by atoms with van der Waals surface area (Å²) >= 11 is 9.32. The highest BCUT2D eigenvalue weighted by atomic mass is 79.9. The van der Waals surface area contributed by atoms with Crippen LogP contribution >= 0.6 is 27.5 Å². The zero-order valence-corrected chi connectivity index (χ0v) is 12.4. The van der Waals surface area contributed by atoms with E-state index in [0.717, 1.165) is 23.1 Å². The second-order valence-corrected chi connectivity index (χ2v) is 5.16. The molecule has 0 fully saturated rings. The molecule has 0 saturated carbocycles. The smallest absolute Gasteiger partial charge is 0.0917 e. The first-order valence-electron chi connectivity index (χ1n) is 5.64. The van der Waals surface area contributed by atoms with Gasteiger partial charge in [0.25, 0.3) is 0 Å². The molecule has 0 radical (unpaired) electrons. The van der Waals surface area contributed by atoms with Crippen LogP contribution in [0.5, 0.6) is 0 Å². The first kappa shape index (κ1) is 14.8. The topological polar surface area (TPSA) is 49.5 Å². The summed E-state index contributed by atoms with van der Waals surface area (Å²) in [4.78, 5) is 2.16. The predicted molar refractivity (Wildman–Crippen MR) is 76.3 cm³/mol. The van der Waals surface area contributed by atoms with Crippen LogP contribution in [0.15, 0.2) is 16.6 Å². The maximum absolute atomic E-state index is 10.1. The molecule has 1 unspecified atom stereocenters. The fraction of sp³-hybridized carbons (Fsp3) is 0.500. The second kappa shape index (κ2) is 6.59. The first-order valence-corrected chi connectivity index (χ1v) is 6.81. The van der Waals surface area contributed by atoms with Crippen molar-refractivity contribution >= 4 is 33.2 Å². The number of anilines is 1. The molecule has 0 aromatic heterocycles. The first-order chi connectivity index (χ1) is 7.99. The Balaban J connectivity index is 2.85. The minimum Gasteiger partial charge on any atom is -0.397 e. The van der Waals surface area contributed by atoms with E-state index in [1.165, 1.54) is 0 Å². The van der Waals surface area contributed by atoms with Crippen LogP contribution in [0.2, 0.25) is 5.02 Å². The number of aliphatic hydroxyl groups excluding tert-OH is 1. The fourth-order valence-corrected chi connectivity index (χ4v) is 2.45. The molecule has 3 N–H and O–H groups in total. The van der Waals surface area contributed by atoms with E-state index in [1.807, 2.05) is 6.07 Å². The average molecular weight is 322 g/mol. The van der Waals surface area contributed by atoms with E-state index in [0.29, 0.717) is 17.3 Å². The molecule has 0 saturated heterocycles. The molecule has 3 nitrogen and oxygen atoms in total. The Morgan fingerprint density at radius 3 is 2.47 bits per heavy atom. The van der Waals surface area contributed by atoms with Gasteiger partial charge in [0.15, 0.2) is 0 Å². The third-order valence-electron chi connectivity index (χ3n) is 2.81. The van der Waals surface area contributed by atoms with E-state index in [-0.39, 0.29) is 0 Å². The second-order valence-electron chi connectivity index (χ2n) is 3.90. The molecule has 0 amide bonds. The number of aliphatic hydroxyl groups is 1. The monoisotopic (exact) mass is 320 g/mol. The zero-order valence-electron chi connectivity index (χ0n) is 10.1. The number of nitrogen functional groups attached to an aromatic ring is 1. The van der Waals surface area contributed by atoms with Gasteiger partial charge in [-0.05, 0) is 46.7 Å². The minimum atomic E-state index is -0.552. The quantitative estimate of drug-likeness (QED) is 0.820. The van der Waals surface area contributed by atoms with Crippen LogP contribution in [0.25, 0.3) is 0 Å². The van der Waals surface area contributed by atoms with Gasteiger partial charge in [-0.15, -0.1) is 0 Å². The Morgan fingerprint density at radius 2 is 2.00 bits per heavy atom. The Morgan fingerprint density at radius 1 is 1.41 bits per heavy atom. The Hall–Kier alpha value is -0.290. The molecular weight excluding hydrogens is 304 g/mol. The molecule has 0 heterocycles. The van der Waals surface area contributed by atoms with Gasteiger partial charge >= 0.3 is 0 Å². The molecule has 0 spiro atoms. The van der Waals surface area contributed by atoms with Crippen molar-refractivity contribution in [1.82, 2.24) is 4.90 Å². The van der Waals surface area contributed by atoms with Crippen LogP contribution in [0.3, 0.4) is 0 Å². The summed E-state index contributed by atoms with van der Waals surface area (Å²) in [6.07, 6.45) is -0.552. The van der Waals surface area contributed by atoms with E-state index in [1.54, 1.807) is 6.07 Å². The summed E-state index contributed by atoms with van der Waals surface area (Å²) in [5.41, 5.74) is 7.02. The van der Waals surface area contributed by atoms with E-state index >= 15 is 0 Å². The number of hydrogen-bond donors (Lipinski definition) is 2. The highest BCUT2D eigenvalue weighted by Gasteiger charge is 2.14. The van der Waals surface area contributed by atoms with Gasteiger partial charge in [-0.3, -0.25) is 0 Å². The lowest BCUT2D eigenvalue weighted by Crippen LogP contribution is -2.28. The molecule has 0 aliphatic heterocycles. The Kier molecular flexibility index (Phi) is 5.73. The molecule has 0 aliphatic carbocycles. The number of nitrogens with zero attached hydrogens (tertiary/aromatic N) is 1. The lowest BCUT2D eigenvalue weighted by atomic mass is 10.1. The Labute approximate surface area is 116 Å². The molecule has 0 bridgehead atoms. The van der Waals surface area contributed by atoms with Crippen molar-refractivity contribution in [2.24, 2.45) is 0 Å². The molecule has 96 valence electrons. The van der Waals surface area contributed by atoms with E-state index in [9.17, 15) is 5.11 Å². The number of halogens is 2. The summed E-state index contributed by atoms with van der Waals surface area (Å²) in [6.45, 7) is 6.57. The van der Waals surface area contributed by atoms with E-state index in [4.69, 9.17) is 17.3 Å². The molecular formula is C12H18BrClN2O. The van der Waals surface area contributed by atoms with Crippen LogP contribution in [-0.2, 0) is 0 Å². The van der Waals surface area contributed by atoms with Gasteiger partial charge in [0.1, 0.15) is 0 Å². The van der Waals surface area contributed by atoms with Crippen LogP contribution in [0, 0.1) is 0 Å². The third kappa shape index (κ3) is 3.85. The van der Waals surface area contributed by atoms with Crippen LogP contribution in [0.4, 0.5) is 5.69 Å². The zero-order chi connectivity index (χ0) is 13.0. The third-order valence-corrected chi connectivity index (χ3v) is 3.78. The molecule has 1 rings (SSSR count). The maximum atomic E-state index is 10.1. The average Bonchev–Trinajstić information content (AvgIpc) is 2.31. The normalized spacial score (nSPS) is 13.1. The Bertz CT molecular complexity index is 360. The number of hydrogen-bond acceptors (Lipinski definition) is 3. The number of likely N-dealkylation sites (N-methyl/N-ethyl adjacent to an activating group) is 1. The van der Waals surface area contributed by atoms with Gasteiger partial charge in [0.05, 0.1) is 16.8 Å². The highest BCUT2D eigenvalue weighted by Crippen LogP contribution is 2.31. The lowest BCUT2D eigenvalue weighted by molar-refractivity contribution is 0.119.